The Morgan fingerprint density at radius 3 is 2.60 bits per heavy atom. The van der Waals surface area contributed by atoms with E-state index in [9.17, 15) is 0 Å². The maximum atomic E-state index is 6.00. The average Bonchev–Trinajstić information content (AvgIpc) is 3.16. The lowest BCUT2D eigenvalue weighted by Gasteiger charge is -2.05. The van der Waals surface area contributed by atoms with Gasteiger partial charge in [0.05, 0.1) is 11.9 Å². The molecule has 4 aromatic rings. The lowest BCUT2D eigenvalue weighted by atomic mass is 10.1. The molecule has 0 aliphatic carbocycles. The number of benzene rings is 2. The van der Waals surface area contributed by atoms with Gasteiger partial charge in [0.15, 0.2) is 5.82 Å². The summed E-state index contributed by atoms with van der Waals surface area (Å²) in [7, 11) is 0. The van der Waals surface area contributed by atoms with Crippen molar-refractivity contribution < 1.29 is 4.42 Å². The first-order chi connectivity index (χ1) is 12.2. The predicted molar refractivity (Wildman–Crippen MR) is 97.0 cm³/mol. The zero-order valence-corrected chi connectivity index (χ0v) is 13.5. The number of azo groups is 1. The molecule has 2 aromatic carbocycles. The molecular formula is C19H15N5O. The Morgan fingerprint density at radius 1 is 1.00 bits per heavy atom. The van der Waals surface area contributed by atoms with E-state index in [-0.39, 0.29) is 0 Å². The summed E-state index contributed by atoms with van der Waals surface area (Å²) in [6.45, 7) is 2.03. The summed E-state index contributed by atoms with van der Waals surface area (Å²) in [6, 6.07) is 13.5. The molecule has 2 heterocycles. The van der Waals surface area contributed by atoms with E-state index < -0.39 is 0 Å². The van der Waals surface area contributed by atoms with Crippen molar-refractivity contribution in [2.75, 3.05) is 5.73 Å². The molecule has 0 fully saturated rings. The second kappa shape index (κ2) is 6.16. The van der Waals surface area contributed by atoms with Crippen molar-refractivity contribution in [2.24, 2.45) is 10.2 Å². The van der Waals surface area contributed by atoms with E-state index in [1.165, 1.54) is 0 Å². The fourth-order valence-corrected chi connectivity index (χ4v) is 2.58. The number of oxazole rings is 1. The lowest BCUT2D eigenvalue weighted by molar-refractivity contribution is 0.574. The number of nitrogen functional groups attached to an aromatic ring is 1. The highest BCUT2D eigenvalue weighted by Gasteiger charge is 2.07. The molecule has 0 aliphatic rings. The molecule has 0 spiro atoms. The number of hydrogen-bond donors (Lipinski definition) is 1. The minimum atomic E-state index is 0.359. The summed E-state index contributed by atoms with van der Waals surface area (Å²) in [4.78, 5) is 8.32. The number of pyridine rings is 1. The third-order valence-corrected chi connectivity index (χ3v) is 3.86. The van der Waals surface area contributed by atoms with Gasteiger partial charge in [0.2, 0.25) is 5.89 Å². The number of rotatable bonds is 3. The number of fused-ring (bicyclic) bond motifs is 1. The van der Waals surface area contributed by atoms with Crippen LogP contribution in [-0.2, 0) is 0 Å². The van der Waals surface area contributed by atoms with Gasteiger partial charge < -0.3 is 10.2 Å². The Bertz CT molecular complexity index is 1050. The molecule has 6 heteroatoms. The van der Waals surface area contributed by atoms with Gasteiger partial charge >= 0.3 is 0 Å². The summed E-state index contributed by atoms with van der Waals surface area (Å²) in [6.07, 6.45) is 4.90. The van der Waals surface area contributed by atoms with Crippen molar-refractivity contribution in [2.45, 2.75) is 6.92 Å². The number of aromatic nitrogens is 2. The van der Waals surface area contributed by atoms with Gasteiger partial charge in [-0.05, 0) is 37.3 Å². The summed E-state index contributed by atoms with van der Waals surface area (Å²) in [5.41, 5.74) is 9.30. The van der Waals surface area contributed by atoms with Gasteiger partial charge in [-0.15, -0.1) is 5.11 Å². The normalized spacial score (nSPS) is 11.4. The highest BCUT2D eigenvalue weighted by Crippen LogP contribution is 2.32. The maximum absolute atomic E-state index is 6.00. The van der Waals surface area contributed by atoms with Crippen LogP contribution in [0.1, 0.15) is 5.56 Å². The number of nitrogens with zero attached hydrogens (tertiary/aromatic N) is 4. The van der Waals surface area contributed by atoms with Crippen LogP contribution in [0.25, 0.3) is 22.2 Å². The summed E-state index contributed by atoms with van der Waals surface area (Å²) >= 11 is 0. The summed E-state index contributed by atoms with van der Waals surface area (Å²) in [5, 5.41) is 10.5. The molecule has 2 aromatic heterocycles. The van der Waals surface area contributed by atoms with E-state index in [0.29, 0.717) is 23.1 Å². The van der Waals surface area contributed by atoms with Crippen molar-refractivity contribution in [1.82, 2.24) is 9.97 Å². The molecule has 2 N–H and O–H groups in total. The van der Waals surface area contributed by atoms with Crippen molar-refractivity contribution in [3.8, 4) is 11.5 Å². The van der Waals surface area contributed by atoms with Gasteiger partial charge in [-0.2, -0.15) is 5.11 Å². The summed E-state index contributed by atoms with van der Waals surface area (Å²) in [5.74, 6) is 0.930. The number of nitrogens with two attached hydrogens (primary N) is 1. The zero-order valence-electron chi connectivity index (χ0n) is 13.5. The molecule has 6 nitrogen and oxygen atoms in total. The SMILES string of the molecule is Cc1ccc2cnc(N)c(/N=N/c3ccc(-c4ncco4)cc3)c2c1. The van der Waals surface area contributed by atoms with E-state index in [2.05, 4.69) is 20.2 Å². The number of anilines is 1. The van der Waals surface area contributed by atoms with Gasteiger partial charge in [0.1, 0.15) is 12.0 Å². The number of aryl methyl sites for hydroxylation is 1. The van der Waals surface area contributed by atoms with E-state index in [1.807, 2.05) is 49.4 Å². The van der Waals surface area contributed by atoms with Crippen LogP contribution in [-0.4, -0.2) is 9.97 Å². The summed E-state index contributed by atoms with van der Waals surface area (Å²) < 4.78 is 5.27. The standard InChI is InChI=1S/C19H15N5O/c1-12-2-3-14-11-22-18(20)17(16(14)10-12)24-23-15-6-4-13(5-7-15)19-21-8-9-25-19/h2-11H,1H3,(H2,20,22)/b24-23+. The molecule has 0 unspecified atom stereocenters. The third-order valence-electron chi connectivity index (χ3n) is 3.86. The smallest absolute Gasteiger partial charge is 0.225 e. The largest absolute Gasteiger partial charge is 0.445 e. The molecule has 0 saturated carbocycles. The Hall–Kier alpha value is -3.54. The van der Waals surface area contributed by atoms with Crippen molar-refractivity contribution in [1.29, 1.82) is 0 Å². The molecule has 0 atom stereocenters. The topological polar surface area (TPSA) is 89.7 Å². The van der Waals surface area contributed by atoms with E-state index in [4.69, 9.17) is 10.2 Å². The molecule has 0 bridgehead atoms. The number of hydrogen-bond acceptors (Lipinski definition) is 6. The molecule has 0 saturated heterocycles. The molecule has 25 heavy (non-hydrogen) atoms. The fourth-order valence-electron chi connectivity index (χ4n) is 2.58. The zero-order chi connectivity index (χ0) is 17.2. The molecular weight excluding hydrogens is 314 g/mol. The van der Waals surface area contributed by atoms with Crippen LogP contribution in [0.15, 0.2) is 75.8 Å². The first kappa shape index (κ1) is 15.0. The Morgan fingerprint density at radius 2 is 1.84 bits per heavy atom. The Balaban J connectivity index is 1.69. The highest BCUT2D eigenvalue weighted by molar-refractivity contribution is 5.96. The van der Waals surface area contributed by atoms with E-state index in [1.54, 1.807) is 18.7 Å². The van der Waals surface area contributed by atoms with Crippen LogP contribution in [0.4, 0.5) is 17.2 Å². The predicted octanol–water partition coefficient (Wildman–Crippen LogP) is 5.20. The van der Waals surface area contributed by atoms with Gasteiger partial charge in [-0.25, -0.2) is 9.97 Å². The van der Waals surface area contributed by atoms with Gasteiger partial charge in [-0.1, -0.05) is 17.7 Å². The minimum Gasteiger partial charge on any atom is -0.445 e. The molecule has 4 rings (SSSR count). The van der Waals surface area contributed by atoms with Crippen LogP contribution < -0.4 is 5.73 Å². The quantitative estimate of drug-likeness (QED) is 0.523. The molecule has 122 valence electrons. The van der Waals surface area contributed by atoms with E-state index >= 15 is 0 Å². The Labute approximate surface area is 144 Å². The highest BCUT2D eigenvalue weighted by atomic mass is 16.3. The van der Waals surface area contributed by atoms with Crippen LogP contribution in [0, 0.1) is 6.92 Å². The molecule has 0 aliphatic heterocycles. The third kappa shape index (κ3) is 2.97. The fraction of sp³-hybridized carbons (Fsp3) is 0.0526. The van der Waals surface area contributed by atoms with E-state index in [0.717, 1.165) is 21.9 Å². The van der Waals surface area contributed by atoms with Crippen LogP contribution in [0.5, 0.6) is 0 Å². The Kier molecular flexibility index (Phi) is 3.70. The van der Waals surface area contributed by atoms with Gasteiger partial charge in [0.25, 0.3) is 0 Å². The monoisotopic (exact) mass is 329 g/mol. The first-order valence-electron chi connectivity index (χ1n) is 7.77. The molecule has 0 amide bonds. The average molecular weight is 329 g/mol. The van der Waals surface area contributed by atoms with Crippen LogP contribution in [0.2, 0.25) is 0 Å². The first-order valence-corrected chi connectivity index (χ1v) is 7.77. The van der Waals surface area contributed by atoms with Crippen LogP contribution >= 0.6 is 0 Å². The van der Waals surface area contributed by atoms with Gasteiger partial charge in [-0.3, -0.25) is 0 Å². The lowest BCUT2D eigenvalue weighted by Crippen LogP contribution is -1.91. The maximum Gasteiger partial charge on any atom is 0.225 e. The van der Waals surface area contributed by atoms with Crippen molar-refractivity contribution in [3.63, 3.8) is 0 Å². The minimum absolute atomic E-state index is 0.359. The van der Waals surface area contributed by atoms with Gasteiger partial charge in [0, 0.05) is 22.5 Å². The second-order valence-electron chi connectivity index (χ2n) is 5.67. The second-order valence-corrected chi connectivity index (χ2v) is 5.67. The molecule has 0 radical (unpaired) electrons. The van der Waals surface area contributed by atoms with Crippen molar-refractivity contribution in [3.05, 3.63) is 66.7 Å². The van der Waals surface area contributed by atoms with Crippen LogP contribution in [0.3, 0.4) is 0 Å². The van der Waals surface area contributed by atoms with Crippen molar-refractivity contribution >= 4 is 28.0 Å².